The quantitative estimate of drug-likeness (QED) is 0.385. The van der Waals surface area contributed by atoms with Gasteiger partial charge in [0, 0.05) is 13.2 Å². The molecule has 0 amide bonds. The average molecular weight is 317 g/mol. The van der Waals surface area contributed by atoms with Crippen molar-refractivity contribution in [2.75, 3.05) is 19.8 Å². The largest absolute Gasteiger partial charge is 0.396 e. The summed E-state index contributed by atoms with van der Waals surface area (Å²) in [6.45, 7) is 7.20. The van der Waals surface area contributed by atoms with Gasteiger partial charge in [-0.05, 0) is 25.7 Å². The second kappa shape index (κ2) is 32.3. The van der Waals surface area contributed by atoms with Crippen molar-refractivity contribution in [1.29, 1.82) is 0 Å². The first-order valence-electron chi connectivity index (χ1n) is 8.87. The van der Waals surface area contributed by atoms with Crippen molar-refractivity contribution in [3.63, 3.8) is 0 Å². The summed E-state index contributed by atoms with van der Waals surface area (Å²) in [6.07, 6.45) is 18.0. The first kappa shape index (κ1) is 26.3. The molecule has 0 rings (SSSR count). The number of aliphatic hydroxyl groups is 3. The Morgan fingerprint density at radius 2 is 1.23 bits per heavy atom. The number of hydrogen-bond acceptors (Lipinski definition) is 3. The van der Waals surface area contributed by atoms with Gasteiger partial charge in [-0.3, -0.25) is 0 Å². The molecule has 0 saturated heterocycles. The van der Waals surface area contributed by atoms with Crippen LogP contribution in [0.5, 0.6) is 0 Å². The van der Waals surface area contributed by atoms with Crippen LogP contribution < -0.4 is 0 Å². The molecular weight excluding hydrogens is 276 g/mol. The Kier molecular flexibility index (Phi) is 38.6. The fourth-order valence-electron chi connectivity index (χ4n) is 1.43. The summed E-state index contributed by atoms with van der Waals surface area (Å²) in [5.74, 6) is 0. The summed E-state index contributed by atoms with van der Waals surface area (Å²) in [7, 11) is 0. The van der Waals surface area contributed by atoms with Crippen molar-refractivity contribution in [3.8, 4) is 0 Å². The van der Waals surface area contributed by atoms with Gasteiger partial charge in [-0.15, -0.1) is 0 Å². The van der Waals surface area contributed by atoms with E-state index in [4.69, 9.17) is 15.3 Å². The van der Waals surface area contributed by atoms with Gasteiger partial charge in [-0.25, -0.2) is 0 Å². The van der Waals surface area contributed by atoms with E-state index < -0.39 is 0 Å². The second-order valence-electron chi connectivity index (χ2n) is 4.97. The Balaban J connectivity index is -0.000000247. The molecule has 0 aliphatic heterocycles. The Labute approximate surface area is 138 Å². The summed E-state index contributed by atoms with van der Waals surface area (Å²) in [4.78, 5) is 0. The highest BCUT2D eigenvalue weighted by atomic mass is 16.3. The van der Waals surface area contributed by atoms with Crippen molar-refractivity contribution in [2.24, 2.45) is 0 Å². The summed E-state index contributed by atoms with van der Waals surface area (Å²) in [5.41, 5.74) is 0. The van der Waals surface area contributed by atoms with Gasteiger partial charge in [-0.2, -0.15) is 0 Å². The Bertz CT molecular complexity index is 179. The number of aliphatic hydroxyl groups excluding tert-OH is 3. The third-order valence-electron chi connectivity index (χ3n) is 2.69. The first-order chi connectivity index (χ1) is 10.7. The monoisotopic (exact) mass is 316 g/mol. The molecule has 3 nitrogen and oxygen atoms in total. The maximum atomic E-state index is 8.37. The van der Waals surface area contributed by atoms with Crippen LogP contribution in [0.15, 0.2) is 24.3 Å². The van der Waals surface area contributed by atoms with Crippen molar-refractivity contribution in [2.45, 2.75) is 78.6 Å². The van der Waals surface area contributed by atoms with Crippen LogP contribution in [0.1, 0.15) is 78.6 Å². The van der Waals surface area contributed by atoms with Crippen LogP contribution in [0.2, 0.25) is 0 Å². The third-order valence-corrected chi connectivity index (χ3v) is 2.69. The highest BCUT2D eigenvalue weighted by Crippen LogP contribution is 2.00. The predicted molar refractivity (Wildman–Crippen MR) is 98.1 cm³/mol. The van der Waals surface area contributed by atoms with Crippen LogP contribution in [-0.2, 0) is 0 Å². The lowest BCUT2D eigenvalue weighted by Crippen LogP contribution is -1.81. The molecule has 134 valence electrons. The van der Waals surface area contributed by atoms with Crippen LogP contribution >= 0.6 is 0 Å². The summed E-state index contributed by atoms with van der Waals surface area (Å²) in [6, 6.07) is 0. The van der Waals surface area contributed by atoms with E-state index in [0.717, 1.165) is 32.1 Å². The highest BCUT2D eigenvalue weighted by Gasteiger charge is 1.84. The van der Waals surface area contributed by atoms with Crippen molar-refractivity contribution < 1.29 is 15.3 Å². The molecule has 0 saturated carbocycles. The fraction of sp³-hybridized carbons (Fsp3) is 0.789. The standard InChI is InChI=1S/C7H16O.2C6H12O/c1-2-3-4-5-6-7-8;2*1-2-3-4-5-6-7/h8H,2-7H2,1H3;4-5,7H,2-3,6H2,1H3;3-4,7H,2,5-6H2,1H3/b;5-4+;4-3+. The fourth-order valence-corrected chi connectivity index (χ4v) is 1.43. The highest BCUT2D eigenvalue weighted by molar-refractivity contribution is 4.79. The summed E-state index contributed by atoms with van der Waals surface area (Å²) in [5, 5.41) is 24.8. The molecule has 0 spiro atoms. The van der Waals surface area contributed by atoms with Crippen LogP contribution in [-0.4, -0.2) is 35.1 Å². The van der Waals surface area contributed by atoms with E-state index in [9.17, 15) is 0 Å². The molecule has 0 heterocycles. The lowest BCUT2D eigenvalue weighted by atomic mass is 10.2. The molecule has 22 heavy (non-hydrogen) atoms. The van der Waals surface area contributed by atoms with Gasteiger partial charge >= 0.3 is 0 Å². The molecule has 0 fully saturated rings. The molecule has 0 aromatic carbocycles. The zero-order chi connectivity index (χ0) is 17.3. The first-order valence-corrected chi connectivity index (χ1v) is 8.87. The molecule has 3 N–H and O–H groups in total. The molecule has 3 heteroatoms. The summed E-state index contributed by atoms with van der Waals surface area (Å²) < 4.78 is 0. The molecule has 0 aliphatic rings. The van der Waals surface area contributed by atoms with Gasteiger partial charge in [0.2, 0.25) is 0 Å². The number of rotatable bonds is 11. The molecule has 0 unspecified atom stereocenters. The van der Waals surface area contributed by atoms with E-state index in [0.29, 0.717) is 6.61 Å². The molecule has 0 bridgehead atoms. The van der Waals surface area contributed by atoms with E-state index in [2.05, 4.69) is 26.8 Å². The topological polar surface area (TPSA) is 60.7 Å². The van der Waals surface area contributed by atoms with Gasteiger partial charge < -0.3 is 15.3 Å². The van der Waals surface area contributed by atoms with E-state index in [1.165, 1.54) is 25.7 Å². The molecule has 0 aliphatic carbocycles. The Morgan fingerprint density at radius 3 is 1.68 bits per heavy atom. The summed E-state index contributed by atoms with van der Waals surface area (Å²) >= 11 is 0. The van der Waals surface area contributed by atoms with E-state index in [1.54, 1.807) is 6.08 Å². The van der Waals surface area contributed by atoms with Crippen molar-refractivity contribution in [1.82, 2.24) is 0 Å². The minimum atomic E-state index is 0.181. The lowest BCUT2D eigenvalue weighted by Gasteiger charge is -1.93. The molecular formula is C19H40O3. The Hall–Kier alpha value is -0.640. The van der Waals surface area contributed by atoms with E-state index in [1.807, 2.05) is 12.2 Å². The molecule has 0 radical (unpaired) electrons. The molecule has 0 aromatic rings. The second-order valence-corrected chi connectivity index (χ2v) is 4.97. The SMILES string of the molecule is CC/C=C/CCO.CCC/C=C/CO.CCCCCCCO. The molecule has 0 aromatic heterocycles. The molecule has 0 atom stereocenters. The van der Waals surface area contributed by atoms with Gasteiger partial charge in [0.05, 0.1) is 6.61 Å². The van der Waals surface area contributed by atoms with Crippen molar-refractivity contribution >= 4 is 0 Å². The maximum absolute atomic E-state index is 8.37. The lowest BCUT2D eigenvalue weighted by molar-refractivity contribution is 0.282. The van der Waals surface area contributed by atoms with Crippen LogP contribution in [0, 0.1) is 0 Å². The van der Waals surface area contributed by atoms with Gasteiger partial charge in [0.1, 0.15) is 0 Å². The zero-order valence-electron chi connectivity index (χ0n) is 15.1. The average Bonchev–Trinajstić information content (AvgIpc) is 2.54. The minimum absolute atomic E-state index is 0.181. The normalized spacial score (nSPS) is 10.3. The van der Waals surface area contributed by atoms with E-state index in [-0.39, 0.29) is 13.2 Å². The Morgan fingerprint density at radius 1 is 0.591 bits per heavy atom. The minimum Gasteiger partial charge on any atom is -0.396 e. The smallest absolute Gasteiger partial charge is 0.0612 e. The van der Waals surface area contributed by atoms with Gasteiger partial charge in [0.25, 0.3) is 0 Å². The number of hydrogen-bond donors (Lipinski definition) is 3. The van der Waals surface area contributed by atoms with Gasteiger partial charge in [-0.1, -0.05) is 77.2 Å². The van der Waals surface area contributed by atoms with Crippen LogP contribution in [0.25, 0.3) is 0 Å². The predicted octanol–water partition coefficient (Wildman–Crippen LogP) is 4.62. The maximum Gasteiger partial charge on any atom is 0.0612 e. The van der Waals surface area contributed by atoms with Crippen LogP contribution in [0.4, 0.5) is 0 Å². The van der Waals surface area contributed by atoms with Gasteiger partial charge in [0.15, 0.2) is 0 Å². The third kappa shape index (κ3) is 42.7. The van der Waals surface area contributed by atoms with E-state index >= 15 is 0 Å². The van der Waals surface area contributed by atoms with Crippen molar-refractivity contribution in [3.05, 3.63) is 24.3 Å². The number of allylic oxidation sites excluding steroid dienone is 2. The zero-order valence-corrected chi connectivity index (χ0v) is 15.1. The van der Waals surface area contributed by atoms with Crippen LogP contribution in [0.3, 0.4) is 0 Å². The number of unbranched alkanes of at least 4 members (excludes halogenated alkanes) is 5.